The van der Waals surface area contributed by atoms with Crippen LogP contribution in [0.5, 0.6) is 0 Å². The largest absolute Gasteiger partial charge is 0.295 e. The van der Waals surface area contributed by atoms with Crippen LogP contribution >= 0.6 is 0 Å². The summed E-state index contributed by atoms with van der Waals surface area (Å²) in [5, 5.41) is 7.30. The van der Waals surface area contributed by atoms with E-state index < -0.39 is 10.8 Å². The highest BCUT2D eigenvalue weighted by atomic mass is 15.3. The normalized spacial score (nSPS) is 14.4. The van der Waals surface area contributed by atoms with E-state index in [1.54, 1.807) is 0 Å². The number of rotatable bonds is 4. The lowest BCUT2D eigenvalue weighted by molar-refractivity contribution is 0.601. The molecule has 8 bridgehead atoms. The van der Waals surface area contributed by atoms with Gasteiger partial charge in [-0.15, -0.1) is 0 Å². The van der Waals surface area contributed by atoms with Crippen molar-refractivity contribution in [2.45, 2.75) is 38.5 Å². The molecule has 10 nitrogen and oxygen atoms in total. The molecule has 4 aromatic carbocycles. The summed E-state index contributed by atoms with van der Waals surface area (Å²) in [7, 11) is 0. The highest BCUT2D eigenvalue weighted by Gasteiger charge is 2.35. The fourth-order valence-corrected chi connectivity index (χ4v) is 6.68. The van der Waals surface area contributed by atoms with Crippen LogP contribution in [-0.2, 0) is 10.8 Å². The maximum Gasteiger partial charge on any atom is 0.214 e. The Kier molecular flexibility index (Phi) is 7.21. The Bertz CT molecular complexity index is 2150. The van der Waals surface area contributed by atoms with E-state index in [-0.39, 0.29) is 0 Å². The topological polar surface area (TPSA) is 95.3 Å². The molecule has 1 aliphatic heterocycles. The van der Waals surface area contributed by atoms with E-state index in [0.717, 1.165) is 45.5 Å². The fourth-order valence-electron chi connectivity index (χ4n) is 6.68. The van der Waals surface area contributed by atoms with Crippen LogP contribution in [0.1, 0.15) is 50.5 Å². The van der Waals surface area contributed by atoms with E-state index in [4.69, 9.17) is 19.9 Å². The molecule has 0 unspecified atom stereocenters. The molecule has 4 aromatic heterocycles. The number of imidazole rings is 4. The second-order valence-electron chi connectivity index (χ2n) is 14.1. The first kappa shape index (κ1) is 31.3. The summed E-state index contributed by atoms with van der Waals surface area (Å²) in [5.41, 5.74) is 6.10. The molecule has 0 aliphatic carbocycles. The van der Waals surface area contributed by atoms with E-state index in [1.165, 1.54) is 0 Å². The summed E-state index contributed by atoms with van der Waals surface area (Å²) in [4.78, 5) is 21.1. The minimum absolute atomic E-state index is 0.605. The van der Waals surface area contributed by atoms with Crippen molar-refractivity contribution in [3.8, 4) is 22.7 Å². The summed E-state index contributed by atoms with van der Waals surface area (Å²) in [6.45, 7) is 8.64. The summed E-state index contributed by atoms with van der Waals surface area (Å²) < 4.78 is 8.35. The van der Waals surface area contributed by atoms with Gasteiger partial charge in [0.25, 0.3) is 0 Å². The summed E-state index contributed by atoms with van der Waals surface area (Å²) in [6, 6.07) is 41.0. The van der Waals surface area contributed by atoms with Gasteiger partial charge in [-0.1, -0.05) is 72.8 Å². The molecule has 5 heterocycles. The zero-order valence-corrected chi connectivity index (χ0v) is 29.4. The Morgan fingerprint density at radius 2 is 0.558 bits per heavy atom. The molecule has 10 heteroatoms. The molecule has 2 N–H and O–H groups in total. The lowest BCUT2D eigenvalue weighted by Crippen LogP contribution is -2.20. The van der Waals surface area contributed by atoms with Crippen LogP contribution in [0.3, 0.4) is 0 Å². The molecular weight excluding hydrogens is 645 g/mol. The van der Waals surface area contributed by atoms with Gasteiger partial charge in [0.05, 0.1) is 33.6 Å². The van der Waals surface area contributed by atoms with Crippen molar-refractivity contribution in [2.24, 2.45) is 0 Å². The van der Waals surface area contributed by atoms with E-state index in [2.05, 4.69) is 130 Å². The lowest BCUT2D eigenvalue weighted by atomic mass is 9.86. The Morgan fingerprint density at radius 3 is 0.769 bits per heavy atom. The Hall–Kier alpha value is -6.68. The van der Waals surface area contributed by atoms with Crippen molar-refractivity contribution in [3.63, 3.8) is 0 Å². The predicted molar refractivity (Wildman–Crippen MR) is 205 cm³/mol. The van der Waals surface area contributed by atoms with E-state index in [1.807, 2.05) is 72.8 Å². The SMILES string of the molecule is CC1(C)c2cn(-c3ccccc3)c(n2)Nc2nc(cn2-c2ccccc2)C(C)(C)c2cn(-c3ccccc3)c(n2)Nc2nc1cn2-c1ccccc1. The first-order valence-electron chi connectivity index (χ1n) is 17.4. The van der Waals surface area contributed by atoms with E-state index in [0.29, 0.717) is 23.8 Å². The molecule has 0 radical (unpaired) electrons. The molecule has 0 fully saturated rings. The van der Waals surface area contributed by atoms with Gasteiger partial charge >= 0.3 is 0 Å². The number of nitrogens with one attached hydrogen (secondary N) is 2. The Labute approximate surface area is 302 Å². The third kappa shape index (κ3) is 5.27. The van der Waals surface area contributed by atoms with E-state index >= 15 is 0 Å². The number of nitrogens with zero attached hydrogens (tertiary/aromatic N) is 8. The average Bonchev–Trinajstić information content (AvgIpc) is 3.99. The number of hydrogen-bond donors (Lipinski definition) is 2. The van der Waals surface area contributed by atoms with Crippen LogP contribution in [-0.4, -0.2) is 38.2 Å². The third-order valence-corrected chi connectivity index (χ3v) is 9.97. The average molecular weight is 683 g/mol. The van der Waals surface area contributed by atoms with Gasteiger partial charge in [-0.05, 0) is 76.2 Å². The monoisotopic (exact) mass is 682 g/mol. The second-order valence-corrected chi connectivity index (χ2v) is 14.1. The highest BCUT2D eigenvalue weighted by Crippen LogP contribution is 2.38. The van der Waals surface area contributed by atoms with Gasteiger partial charge in [0.2, 0.25) is 23.8 Å². The third-order valence-electron chi connectivity index (χ3n) is 9.97. The fraction of sp³-hybridized carbons (Fsp3) is 0.143. The van der Waals surface area contributed by atoms with Crippen molar-refractivity contribution in [3.05, 3.63) is 169 Å². The molecule has 0 atom stereocenters. The first-order valence-corrected chi connectivity index (χ1v) is 17.4. The molecular formula is C42H38N10. The second kappa shape index (κ2) is 12.0. The molecule has 0 amide bonds. The predicted octanol–water partition coefficient (Wildman–Crippen LogP) is 8.88. The van der Waals surface area contributed by atoms with Crippen LogP contribution in [0, 0.1) is 0 Å². The molecule has 0 saturated carbocycles. The van der Waals surface area contributed by atoms with Crippen molar-refractivity contribution < 1.29 is 0 Å². The summed E-state index contributed by atoms with van der Waals surface area (Å²) >= 11 is 0. The van der Waals surface area contributed by atoms with Crippen LogP contribution in [0.2, 0.25) is 0 Å². The van der Waals surface area contributed by atoms with Crippen molar-refractivity contribution in [2.75, 3.05) is 10.6 Å². The van der Waals surface area contributed by atoms with Gasteiger partial charge in [-0.2, -0.15) is 0 Å². The zero-order valence-electron chi connectivity index (χ0n) is 29.4. The molecule has 0 spiro atoms. The standard InChI is InChI=1S/C42H38N10/c1-41(2)33-25-49(29-17-9-5-10-18-29)37(43-33)47-39-45-35(27-51(39)31-21-13-7-14-22-31)42(3,4)36-28-52(32-23-15-8-16-24-32)40(46-36)48-38-44-34(41)26-50(38)30-19-11-6-12-20-30/h5-28H,1-4H3,(H,43,45,47)(H,44,46,48). The van der Waals surface area contributed by atoms with Gasteiger partial charge in [0.1, 0.15) is 0 Å². The van der Waals surface area contributed by atoms with Crippen molar-refractivity contribution in [1.29, 1.82) is 0 Å². The van der Waals surface area contributed by atoms with Crippen LogP contribution < -0.4 is 10.6 Å². The molecule has 0 saturated heterocycles. The number of fused-ring (bicyclic) bond motifs is 8. The van der Waals surface area contributed by atoms with Gasteiger partial charge in [-0.3, -0.25) is 28.9 Å². The number of benzene rings is 4. The number of anilines is 4. The summed E-state index contributed by atoms with van der Waals surface area (Å²) in [6.07, 6.45) is 8.39. The molecule has 52 heavy (non-hydrogen) atoms. The Morgan fingerprint density at radius 1 is 0.346 bits per heavy atom. The van der Waals surface area contributed by atoms with Gasteiger partial charge in [-0.25, -0.2) is 19.9 Å². The van der Waals surface area contributed by atoms with Crippen molar-refractivity contribution >= 4 is 23.8 Å². The van der Waals surface area contributed by atoms with E-state index in [9.17, 15) is 0 Å². The molecule has 256 valence electrons. The smallest absolute Gasteiger partial charge is 0.214 e. The Balaban J connectivity index is 1.31. The lowest BCUT2D eigenvalue weighted by Gasteiger charge is -2.19. The minimum atomic E-state index is -0.605. The number of aromatic nitrogens is 8. The molecule has 8 aromatic rings. The number of para-hydroxylation sites is 4. The van der Waals surface area contributed by atoms with Gasteiger partial charge < -0.3 is 0 Å². The zero-order chi connectivity index (χ0) is 35.5. The maximum absolute atomic E-state index is 5.29. The van der Waals surface area contributed by atoms with Crippen molar-refractivity contribution in [1.82, 2.24) is 38.2 Å². The minimum Gasteiger partial charge on any atom is -0.295 e. The van der Waals surface area contributed by atoms with Crippen LogP contribution in [0.15, 0.2) is 146 Å². The number of hydrogen-bond acceptors (Lipinski definition) is 6. The quantitative estimate of drug-likeness (QED) is 0.193. The van der Waals surface area contributed by atoms with Gasteiger partial charge in [0, 0.05) is 47.5 Å². The molecule has 9 rings (SSSR count). The van der Waals surface area contributed by atoms with Gasteiger partial charge in [0.15, 0.2) is 0 Å². The van der Waals surface area contributed by atoms with Crippen LogP contribution in [0.25, 0.3) is 22.7 Å². The molecule has 1 aliphatic rings. The summed E-state index contributed by atoms with van der Waals surface area (Å²) in [5.74, 6) is 2.57. The first-order chi connectivity index (χ1) is 25.3. The van der Waals surface area contributed by atoms with Crippen LogP contribution in [0.4, 0.5) is 23.8 Å². The highest BCUT2D eigenvalue weighted by molar-refractivity contribution is 5.59. The maximum atomic E-state index is 5.29.